The van der Waals surface area contributed by atoms with Crippen LogP contribution < -0.4 is 4.72 Å². The van der Waals surface area contributed by atoms with Crippen molar-refractivity contribution in [2.75, 3.05) is 0 Å². The highest BCUT2D eigenvalue weighted by Crippen LogP contribution is 2.24. The molecule has 1 amide bonds. The Morgan fingerprint density at radius 1 is 1.24 bits per heavy atom. The molecule has 0 atom stereocenters. The van der Waals surface area contributed by atoms with Crippen molar-refractivity contribution in [2.45, 2.75) is 4.90 Å². The Morgan fingerprint density at radius 2 is 1.90 bits per heavy atom. The maximum Gasteiger partial charge on any atom is 0.289 e. The van der Waals surface area contributed by atoms with E-state index in [0.29, 0.717) is 4.34 Å². The highest BCUT2D eigenvalue weighted by molar-refractivity contribution is 7.90. The molecule has 2 rings (SSSR count). The van der Waals surface area contributed by atoms with Gasteiger partial charge in [0.05, 0.1) is 14.1 Å². The van der Waals surface area contributed by atoms with E-state index in [1.807, 2.05) is 0 Å². The van der Waals surface area contributed by atoms with Crippen LogP contribution in [-0.4, -0.2) is 19.2 Å². The highest BCUT2D eigenvalue weighted by Gasteiger charge is 2.27. The first-order chi connectivity index (χ1) is 9.81. The van der Waals surface area contributed by atoms with Gasteiger partial charge in [-0.05, 0) is 18.2 Å². The van der Waals surface area contributed by atoms with Crippen LogP contribution in [0.2, 0.25) is 4.34 Å². The summed E-state index contributed by atoms with van der Waals surface area (Å²) in [7, 11) is -4.35. The first-order valence-electron chi connectivity index (χ1n) is 5.37. The number of amides is 1. The zero-order valence-corrected chi connectivity index (χ0v) is 12.5. The average Bonchev–Trinajstić information content (AvgIpc) is 2.85. The number of benzene rings is 1. The van der Waals surface area contributed by atoms with Gasteiger partial charge in [-0.3, -0.25) is 14.9 Å². The Labute approximate surface area is 128 Å². The maximum atomic E-state index is 12.1. The van der Waals surface area contributed by atoms with Crippen LogP contribution in [0.25, 0.3) is 0 Å². The van der Waals surface area contributed by atoms with Gasteiger partial charge in [0.25, 0.3) is 21.6 Å². The standard InChI is InChI=1S/C11H7ClN2O5S2/c12-10-6-5-8(20-10)11(15)13-21(18,19)9-4-2-1-3-7(9)14(16)17/h1-6H,(H,13,15). The number of nitro benzene ring substituents is 1. The Kier molecular flexibility index (Phi) is 4.26. The molecular formula is C11H7ClN2O5S2. The molecule has 0 aliphatic heterocycles. The van der Waals surface area contributed by atoms with Crippen LogP contribution in [0.4, 0.5) is 5.69 Å². The average molecular weight is 347 g/mol. The number of sulfonamides is 1. The number of rotatable bonds is 4. The molecule has 0 saturated heterocycles. The van der Waals surface area contributed by atoms with Gasteiger partial charge in [-0.1, -0.05) is 23.7 Å². The van der Waals surface area contributed by atoms with E-state index in [1.165, 1.54) is 24.3 Å². The van der Waals surface area contributed by atoms with Gasteiger partial charge < -0.3 is 0 Å². The van der Waals surface area contributed by atoms with Crippen LogP contribution in [0.1, 0.15) is 9.67 Å². The number of carbonyl (C=O) groups is 1. The predicted molar refractivity (Wildman–Crippen MR) is 77.1 cm³/mol. The summed E-state index contributed by atoms with van der Waals surface area (Å²) in [5, 5.41) is 10.8. The third-order valence-electron chi connectivity index (χ3n) is 2.38. The summed E-state index contributed by atoms with van der Waals surface area (Å²) >= 11 is 6.56. The van der Waals surface area contributed by atoms with Gasteiger partial charge in [0.15, 0.2) is 4.90 Å². The Hall–Kier alpha value is -1.97. The topological polar surface area (TPSA) is 106 Å². The van der Waals surface area contributed by atoms with Crippen molar-refractivity contribution in [3.8, 4) is 0 Å². The van der Waals surface area contributed by atoms with Crippen molar-refractivity contribution < 1.29 is 18.1 Å². The molecule has 0 radical (unpaired) electrons. The molecule has 0 unspecified atom stereocenters. The second-order valence-electron chi connectivity index (χ2n) is 3.76. The lowest BCUT2D eigenvalue weighted by Crippen LogP contribution is -2.30. The molecule has 0 saturated carbocycles. The number of thiophene rings is 1. The minimum atomic E-state index is -4.35. The molecular weight excluding hydrogens is 340 g/mol. The van der Waals surface area contributed by atoms with Crippen LogP contribution in [0, 0.1) is 10.1 Å². The van der Waals surface area contributed by atoms with Gasteiger partial charge >= 0.3 is 0 Å². The summed E-state index contributed by atoms with van der Waals surface area (Å²) in [4.78, 5) is 21.3. The SMILES string of the molecule is O=C(NS(=O)(=O)c1ccccc1[N+](=O)[O-])c1ccc(Cl)s1. The predicted octanol–water partition coefficient (Wildman–Crippen LogP) is 2.43. The van der Waals surface area contributed by atoms with Gasteiger partial charge in [-0.25, -0.2) is 13.1 Å². The van der Waals surface area contributed by atoms with E-state index in [4.69, 9.17) is 11.6 Å². The summed E-state index contributed by atoms with van der Waals surface area (Å²) in [6.45, 7) is 0. The molecule has 0 spiro atoms. The van der Waals surface area contributed by atoms with Crippen molar-refractivity contribution in [1.82, 2.24) is 4.72 Å². The number of hydrogen-bond acceptors (Lipinski definition) is 6. The van der Waals surface area contributed by atoms with Gasteiger partial charge in [-0.15, -0.1) is 11.3 Å². The van der Waals surface area contributed by atoms with E-state index in [0.717, 1.165) is 23.5 Å². The van der Waals surface area contributed by atoms with Gasteiger partial charge in [-0.2, -0.15) is 0 Å². The van der Waals surface area contributed by atoms with Crippen LogP contribution >= 0.6 is 22.9 Å². The number of nitrogens with one attached hydrogen (secondary N) is 1. The van der Waals surface area contributed by atoms with Gasteiger partial charge in [0.1, 0.15) is 0 Å². The minimum absolute atomic E-state index is 0.0853. The molecule has 1 aromatic carbocycles. The number of hydrogen-bond donors (Lipinski definition) is 1. The normalized spacial score (nSPS) is 11.1. The van der Waals surface area contributed by atoms with Crippen molar-refractivity contribution >= 4 is 44.6 Å². The number of carbonyl (C=O) groups excluding carboxylic acids is 1. The molecule has 0 bridgehead atoms. The van der Waals surface area contributed by atoms with Crippen molar-refractivity contribution in [3.63, 3.8) is 0 Å². The molecule has 10 heteroatoms. The molecule has 1 N–H and O–H groups in total. The highest BCUT2D eigenvalue weighted by atomic mass is 35.5. The van der Waals surface area contributed by atoms with Crippen LogP contribution in [-0.2, 0) is 10.0 Å². The van der Waals surface area contributed by atoms with Crippen LogP contribution in [0.3, 0.4) is 0 Å². The van der Waals surface area contributed by atoms with Crippen LogP contribution in [0.5, 0.6) is 0 Å². The van der Waals surface area contributed by atoms with Crippen LogP contribution in [0.15, 0.2) is 41.3 Å². The monoisotopic (exact) mass is 346 g/mol. The molecule has 1 aromatic heterocycles. The number of halogens is 1. The van der Waals surface area contributed by atoms with Crippen molar-refractivity contribution in [3.05, 3.63) is 55.7 Å². The molecule has 0 aliphatic carbocycles. The lowest BCUT2D eigenvalue weighted by Gasteiger charge is -2.06. The molecule has 1 heterocycles. The lowest BCUT2D eigenvalue weighted by molar-refractivity contribution is -0.387. The minimum Gasteiger partial charge on any atom is -0.267 e. The Morgan fingerprint density at radius 3 is 2.48 bits per heavy atom. The molecule has 7 nitrogen and oxygen atoms in total. The first-order valence-corrected chi connectivity index (χ1v) is 8.05. The van der Waals surface area contributed by atoms with E-state index in [-0.39, 0.29) is 4.88 Å². The summed E-state index contributed by atoms with van der Waals surface area (Å²) in [6, 6.07) is 7.55. The zero-order chi connectivity index (χ0) is 15.6. The summed E-state index contributed by atoms with van der Waals surface area (Å²) < 4.78 is 26.3. The second-order valence-corrected chi connectivity index (χ2v) is 7.13. The smallest absolute Gasteiger partial charge is 0.267 e. The van der Waals surface area contributed by atoms with Crippen molar-refractivity contribution in [1.29, 1.82) is 0 Å². The fourth-order valence-corrected chi connectivity index (χ4v) is 3.64. The Balaban J connectivity index is 2.35. The van der Waals surface area contributed by atoms with E-state index in [1.54, 1.807) is 4.72 Å². The summed E-state index contributed by atoms with van der Waals surface area (Å²) in [6.07, 6.45) is 0. The molecule has 0 aliphatic rings. The lowest BCUT2D eigenvalue weighted by atomic mass is 10.3. The second kappa shape index (κ2) is 5.80. The van der Waals surface area contributed by atoms with E-state index in [9.17, 15) is 23.3 Å². The Bertz CT molecular complexity index is 816. The van der Waals surface area contributed by atoms with Crippen molar-refractivity contribution in [2.24, 2.45) is 0 Å². The fraction of sp³-hybridized carbons (Fsp3) is 0. The zero-order valence-electron chi connectivity index (χ0n) is 10.1. The molecule has 0 fully saturated rings. The maximum absolute atomic E-state index is 12.1. The first kappa shape index (κ1) is 15.4. The summed E-state index contributed by atoms with van der Waals surface area (Å²) in [5.41, 5.74) is -0.609. The number of para-hydroxylation sites is 1. The third kappa shape index (κ3) is 3.38. The molecule has 110 valence electrons. The van der Waals surface area contributed by atoms with E-state index in [2.05, 4.69) is 0 Å². The number of nitro groups is 1. The van der Waals surface area contributed by atoms with E-state index >= 15 is 0 Å². The largest absolute Gasteiger partial charge is 0.289 e. The van der Waals surface area contributed by atoms with Gasteiger partial charge in [0.2, 0.25) is 0 Å². The van der Waals surface area contributed by atoms with Gasteiger partial charge in [0, 0.05) is 6.07 Å². The number of nitrogens with zero attached hydrogens (tertiary/aromatic N) is 1. The van der Waals surface area contributed by atoms with E-state index < -0.39 is 31.4 Å². The molecule has 2 aromatic rings. The quantitative estimate of drug-likeness (QED) is 0.675. The molecule has 21 heavy (non-hydrogen) atoms. The summed E-state index contributed by atoms with van der Waals surface area (Å²) in [5.74, 6) is -0.898. The third-order valence-corrected chi connectivity index (χ3v) is 4.98. The fourth-order valence-electron chi connectivity index (χ4n) is 1.50.